The first-order valence-corrected chi connectivity index (χ1v) is 5.82. The zero-order valence-electron chi connectivity index (χ0n) is 9.61. The molecular formula is C11H18N2O3. The van der Waals surface area contributed by atoms with E-state index in [-0.39, 0.29) is 12.2 Å². The van der Waals surface area contributed by atoms with E-state index in [0.717, 1.165) is 38.7 Å². The third kappa shape index (κ3) is 2.41. The molecule has 2 heterocycles. The molecule has 90 valence electrons. The summed E-state index contributed by atoms with van der Waals surface area (Å²) in [6.45, 7) is 2.98. The smallest absolute Gasteiger partial charge is 0.226 e. The first kappa shape index (κ1) is 11.5. The van der Waals surface area contributed by atoms with Gasteiger partial charge in [0.1, 0.15) is 5.60 Å². The Kier molecular flexibility index (Phi) is 3.56. The monoisotopic (exact) mass is 226 g/mol. The highest BCUT2D eigenvalue weighted by molar-refractivity contribution is 5.01. The van der Waals surface area contributed by atoms with E-state index < -0.39 is 0 Å². The molecular weight excluding hydrogens is 208 g/mol. The normalized spacial score (nSPS) is 25.1. The molecule has 0 radical (unpaired) electrons. The number of aliphatic hydroxyl groups is 1. The van der Waals surface area contributed by atoms with Crippen molar-refractivity contribution in [1.29, 1.82) is 0 Å². The minimum absolute atomic E-state index is 0.210. The number of hydrogen-bond acceptors (Lipinski definition) is 5. The summed E-state index contributed by atoms with van der Waals surface area (Å²) in [6.07, 6.45) is 4.36. The van der Waals surface area contributed by atoms with Gasteiger partial charge in [-0.3, -0.25) is 0 Å². The maximum absolute atomic E-state index is 8.68. The SMILES string of the molecule is CC1(c2noc(CCCCO)n2)CCCO1. The second kappa shape index (κ2) is 4.93. The van der Waals surface area contributed by atoms with Crippen molar-refractivity contribution < 1.29 is 14.4 Å². The van der Waals surface area contributed by atoms with Crippen molar-refractivity contribution in [3.8, 4) is 0 Å². The van der Waals surface area contributed by atoms with Gasteiger partial charge in [0.2, 0.25) is 11.7 Å². The Morgan fingerprint density at radius 1 is 1.44 bits per heavy atom. The van der Waals surface area contributed by atoms with E-state index >= 15 is 0 Å². The summed E-state index contributed by atoms with van der Waals surface area (Å²) in [7, 11) is 0. The molecule has 2 rings (SSSR count). The number of rotatable bonds is 5. The van der Waals surface area contributed by atoms with Gasteiger partial charge in [-0.25, -0.2) is 0 Å². The van der Waals surface area contributed by atoms with Gasteiger partial charge in [-0.15, -0.1) is 0 Å². The summed E-state index contributed by atoms with van der Waals surface area (Å²) in [5, 5.41) is 12.7. The molecule has 1 N–H and O–H groups in total. The van der Waals surface area contributed by atoms with Gasteiger partial charge in [-0.1, -0.05) is 5.16 Å². The van der Waals surface area contributed by atoms with Crippen LogP contribution in [0.1, 0.15) is 44.3 Å². The van der Waals surface area contributed by atoms with Gasteiger partial charge in [0.15, 0.2) is 0 Å². The van der Waals surface area contributed by atoms with Crippen molar-refractivity contribution >= 4 is 0 Å². The van der Waals surface area contributed by atoms with Crippen LogP contribution in [-0.4, -0.2) is 28.5 Å². The number of unbranched alkanes of at least 4 members (excludes halogenated alkanes) is 1. The Bertz CT molecular complexity index is 332. The van der Waals surface area contributed by atoms with Crippen molar-refractivity contribution in [3.05, 3.63) is 11.7 Å². The number of hydrogen-bond donors (Lipinski definition) is 1. The zero-order valence-corrected chi connectivity index (χ0v) is 9.61. The Morgan fingerprint density at radius 3 is 3.00 bits per heavy atom. The molecule has 0 saturated carbocycles. The predicted octanol–water partition coefficient (Wildman–Crippen LogP) is 1.41. The molecule has 1 aromatic rings. The lowest BCUT2D eigenvalue weighted by atomic mass is 10.0. The maximum atomic E-state index is 8.68. The summed E-state index contributed by atoms with van der Waals surface area (Å²) >= 11 is 0. The number of nitrogens with zero attached hydrogens (tertiary/aromatic N) is 2. The Labute approximate surface area is 94.8 Å². The fourth-order valence-electron chi connectivity index (χ4n) is 1.91. The molecule has 5 heteroatoms. The van der Waals surface area contributed by atoms with Crippen LogP contribution in [0.4, 0.5) is 0 Å². The van der Waals surface area contributed by atoms with Crippen molar-refractivity contribution in [1.82, 2.24) is 10.1 Å². The second-order valence-electron chi connectivity index (χ2n) is 4.38. The molecule has 1 aliphatic rings. The van der Waals surface area contributed by atoms with Crippen molar-refractivity contribution in [3.63, 3.8) is 0 Å². The Hall–Kier alpha value is -0.940. The molecule has 0 aromatic carbocycles. The van der Waals surface area contributed by atoms with E-state index in [1.165, 1.54) is 0 Å². The molecule has 0 bridgehead atoms. The molecule has 1 aromatic heterocycles. The molecule has 0 aliphatic carbocycles. The molecule has 16 heavy (non-hydrogen) atoms. The molecule has 1 fully saturated rings. The van der Waals surface area contributed by atoms with Gasteiger partial charge in [0, 0.05) is 19.6 Å². The van der Waals surface area contributed by atoms with E-state index in [0.29, 0.717) is 11.7 Å². The van der Waals surface area contributed by atoms with Crippen LogP contribution >= 0.6 is 0 Å². The lowest BCUT2D eigenvalue weighted by Gasteiger charge is -2.17. The third-order valence-corrected chi connectivity index (χ3v) is 2.96. The number of ether oxygens (including phenoxy) is 1. The van der Waals surface area contributed by atoms with Gasteiger partial charge < -0.3 is 14.4 Å². The summed E-state index contributed by atoms with van der Waals surface area (Å²) in [5.41, 5.74) is -0.362. The molecule has 1 unspecified atom stereocenters. The van der Waals surface area contributed by atoms with E-state index in [4.69, 9.17) is 14.4 Å². The predicted molar refractivity (Wildman–Crippen MR) is 56.9 cm³/mol. The first-order chi connectivity index (χ1) is 7.74. The molecule has 1 aliphatic heterocycles. The fourth-order valence-corrected chi connectivity index (χ4v) is 1.91. The molecule has 5 nitrogen and oxygen atoms in total. The van der Waals surface area contributed by atoms with E-state index in [1.807, 2.05) is 6.92 Å². The standard InChI is InChI=1S/C11H18N2O3/c1-11(6-4-8-15-11)10-12-9(16-13-10)5-2-3-7-14/h14H,2-8H2,1H3. The minimum Gasteiger partial charge on any atom is -0.396 e. The molecule has 0 amide bonds. The average molecular weight is 226 g/mol. The Balaban J connectivity index is 1.96. The van der Waals surface area contributed by atoms with Gasteiger partial charge in [-0.05, 0) is 32.6 Å². The third-order valence-electron chi connectivity index (χ3n) is 2.96. The van der Waals surface area contributed by atoms with Gasteiger partial charge in [0.25, 0.3) is 0 Å². The van der Waals surface area contributed by atoms with Crippen LogP contribution in [-0.2, 0) is 16.8 Å². The van der Waals surface area contributed by atoms with Gasteiger partial charge in [-0.2, -0.15) is 4.98 Å². The van der Waals surface area contributed by atoms with Crippen molar-refractivity contribution in [2.45, 2.75) is 44.6 Å². The quantitative estimate of drug-likeness (QED) is 0.769. The second-order valence-corrected chi connectivity index (χ2v) is 4.38. The molecule has 1 atom stereocenters. The first-order valence-electron chi connectivity index (χ1n) is 5.82. The largest absolute Gasteiger partial charge is 0.396 e. The van der Waals surface area contributed by atoms with E-state index in [9.17, 15) is 0 Å². The van der Waals surface area contributed by atoms with Crippen LogP contribution in [0.15, 0.2) is 4.52 Å². The minimum atomic E-state index is -0.362. The van der Waals surface area contributed by atoms with Crippen LogP contribution in [0.3, 0.4) is 0 Å². The summed E-state index contributed by atoms with van der Waals surface area (Å²) < 4.78 is 10.8. The molecule has 1 saturated heterocycles. The van der Waals surface area contributed by atoms with Crippen LogP contribution in [0.25, 0.3) is 0 Å². The topological polar surface area (TPSA) is 68.4 Å². The lowest BCUT2D eigenvalue weighted by Crippen LogP contribution is -2.21. The van der Waals surface area contributed by atoms with E-state index in [2.05, 4.69) is 10.1 Å². The summed E-state index contributed by atoms with van der Waals surface area (Å²) in [5.74, 6) is 1.30. The van der Waals surface area contributed by atoms with Crippen molar-refractivity contribution in [2.24, 2.45) is 0 Å². The highest BCUT2D eigenvalue weighted by Gasteiger charge is 2.36. The maximum Gasteiger partial charge on any atom is 0.226 e. The highest BCUT2D eigenvalue weighted by Crippen LogP contribution is 2.33. The van der Waals surface area contributed by atoms with Crippen LogP contribution in [0.5, 0.6) is 0 Å². The van der Waals surface area contributed by atoms with Gasteiger partial charge in [0.05, 0.1) is 0 Å². The van der Waals surface area contributed by atoms with Crippen LogP contribution < -0.4 is 0 Å². The van der Waals surface area contributed by atoms with Crippen LogP contribution in [0.2, 0.25) is 0 Å². The van der Waals surface area contributed by atoms with Crippen molar-refractivity contribution in [2.75, 3.05) is 13.2 Å². The molecule has 0 spiro atoms. The highest BCUT2D eigenvalue weighted by atomic mass is 16.5. The van der Waals surface area contributed by atoms with E-state index in [1.54, 1.807) is 0 Å². The number of aryl methyl sites for hydroxylation is 1. The number of aromatic nitrogens is 2. The number of aliphatic hydroxyl groups excluding tert-OH is 1. The lowest BCUT2D eigenvalue weighted by molar-refractivity contribution is 0.00768. The summed E-state index contributed by atoms with van der Waals surface area (Å²) in [6, 6.07) is 0. The van der Waals surface area contributed by atoms with Gasteiger partial charge >= 0.3 is 0 Å². The van der Waals surface area contributed by atoms with Crippen LogP contribution in [0, 0.1) is 0 Å². The summed E-state index contributed by atoms with van der Waals surface area (Å²) in [4.78, 5) is 4.35. The fraction of sp³-hybridized carbons (Fsp3) is 0.818. The Morgan fingerprint density at radius 2 is 2.31 bits per heavy atom. The zero-order chi connectivity index (χ0) is 11.4. The average Bonchev–Trinajstić information content (AvgIpc) is 2.88.